The van der Waals surface area contributed by atoms with Crippen molar-refractivity contribution in [1.29, 1.82) is 0 Å². The van der Waals surface area contributed by atoms with E-state index in [1.807, 2.05) is 24.3 Å². The molecule has 7 heteroatoms. The van der Waals surface area contributed by atoms with Gasteiger partial charge in [-0.2, -0.15) is 0 Å². The SMILES string of the molecule is CN=C(NCCCc1cccc(OC)c1)NCCc1ccc(Cl)nc1.I. The summed E-state index contributed by atoms with van der Waals surface area (Å²) < 4.78 is 5.25. The summed E-state index contributed by atoms with van der Waals surface area (Å²) >= 11 is 5.79. The number of aromatic nitrogens is 1. The first-order valence-corrected chi connectivity index (χ1v) is 8.77. The van der Waals surface area contributed by atoms with Gasteiger partial charge in [0.05, 0.1) is 7.11 Å². The first kappa shape index (κ1) is 22.5. The van der Waals surface area contributed by atoms with Crippen LogP contribution in [0.2, 0.25) is 5.15 Å². The highest BCUT2D eigenvalue weighted by Gasteiger charge is 2.00. The quantitative estimate of drug-likeness (QED) is 0.196. The molecule has 0 bridgehead atoms. The number of nitrogens with one attached hydrogen (secondary N) is 2. The molecule has 142 valence electrons. The van der Waals surface area contributed by atoms with Crippen molar-refractivity contribution in [2.75, 3.05) is 27.2 Å². The maximum absolute atomic E-state index is 5.79. The molecular weight excluding hydrogens is 463 g/mol. The van der Waals surface area contributed by atoms with E-state index >= 15 is 0 Å². The van der Waals surface area contributed by atoms with Crippen LogP contribution in [0.1, 0.15) is 17.5 Å². The van der Waals surface area contributed by atoms with Gasteiger partial charge in [0.1, 0.15) is 10.9 Å². The maximum atomic E-state index is 5.79. The summed E-state index contributed by atoms with van der Waals surface area (Å²) in [4.78, 5) is 8.32. The highest BCUT2D eigenvalue weighted by Crippen LogP contribution is 2.13. The van der Waals surface area contributed by atoms with Gasteiger partial charge < -0.3 is 15.4 Å². The summed E-state index contributed by atoms with van der Waals surface area (Å²) in [6, 6.07) is 12.0. The Hall–Kier alpha value is -1.54. The van der Waals surface area contributed by atoms with E-state index in [-0.39, 0.29) is 24.0 Å². The maximum Gasteiger partial charge on any atom is 0.190 e. The van der Waals surface area contributed by atoms with Crippen molar-refractivity contribution in [2.24, 2.45) is 4.99 Å². The van der Waals surface area contributed by atoms with Crippen LogP contribution in [0.5, 0.6) is 5.75 Å². The Balaban J connectivity index is 0.00000338. The van der Waals surface area contributed by atoms with Gasteiger partial charge in [0.15, 0.2) is 5.96 Å². The second-order valence-electron chi connectivity index (χ2n) is 5.62. The van der Waals surface area contributed by atoms with E-state index < -0.39 is 0 Å². The molecule has 0 saturated heterocycles. The topological polar surface area (TPSA) is 58.5 Å². The van der Waals surface area contributed by atoms with E-state index in [1.54, 1.807) is 20.4 Å². The number of benzene rings is 1. The molecule has 0 aliphatic heterocycles. The molecule has 1 heterocycles. The fourth-order valence-electron chi connectivity index (χ4n) is 2.43. The molecule has 0 aliphatic rings. The first-order valence-electron chi connectivity index (χ1n) is 8.39. The molecule has 0 saturated carbocycles. The van der Waals surface area contributed by atoms with E-state index in [9.17, 15) is 0 Å². The minimum atomic E-state index is 0. The van der Waals surface area contributed by atoms with Crippen LogP contribution in [0, 0.1) is 0 Å². The van der Waals surface area contributed by atoms with Gasteiger partial charge in [-0.1, -0.05) is 29.8 Å². The molecule has 0 atom stereocenters. The van der Waals surface area contributed by atoms with Gasteiger partial charge in [-0.25, -0.2) is 4.98 Å². The van der Waals surface area contributed by atoms with Crippen molar-refractivity contribution >= 4 is 41.5 Å². The highest BCUT2D eigenvalue weighted by atomic mass is 127. The molecule has 2 aromatic rings. The lowest BCUT2D eigenvalue weighted by Crippen LogP contribution is -2.38. The third kappa shape index (κ3) is 8.23. The number of hydrogen-bond donors (Lipinski definition) is 2. The monoisotopic (exact) mass is 488 g/mol. The molecule has 0 spiro atoms. The zero-order valence-electron chi connectivity index (χ0n) is 15.2. The number of aliphatic imine (C=N–C) groups is 1. The molecule has 0 unspecified atom stereocenters. The Labute approximate surface area is 177 Å². The van der Waals surface area contributed by atoms with Crippen molar-refractivity contribution in [3.8, 4) is 5.75 Å². The van der Waals surface area contributed by atoms with Gasteiger partial charge in [-0.05, 0) is 48.6 Å². The minimum absolute atomic E-state index is 0. The lowest BCUT2D eigenvalue weighted by atomic mass is 10.1. The molecule has 0 amide bonds. The highest BCUT2D eigenvalue weighted by molar-refractivity contribution is 14.0. The molecule has 2 N–H and O–H groups in total. The van der Waals surface area contributed by atoms with Crippen molar-refractivity contribution in [2.45, 2.75) is 19.3 Å². The van der Waals surface area contributed by atoms with Crippen LogP contribution in [0.25, 0.3) is 0 Å². The number of aryl methyl sites for hydroxylation is 1. The second kappa shape index (κ2) is 12.8. The predicted molar refractivity (Wildman–Crippen MR) is 119 cm³/mol. The fraction of sp³-hybridized carbons (Fsp3) is 0.368. The number of hydrogen-bond acceptors (Lipinski definition) is 3. The molecule has 1 aromatic heterocycles. The fourth-order valence-corrected chi connectivity index (χ4v) is 2.54. The van der Waals surface area contributed by atoms with E-state index in [4.69, 9.17) is 16.3 Å². The summed E-state index contributed by atoms with van der Waals surface area (Å²) in [5.41, 5.74) is 2.42. The molecule has 2 rings (SSSR count). The zero-order valence-corrected chi connectivity index (χ0v) is 18.3. The van der Waals surface area contributed by atoms with E-state index in [2.05, 4.69) is 32.7 Å². The largest absolute Gasteiger partial charge is 0.497 e. The molecular formula is C19H26ClIN4O. The van der Waals surface area contributed by atoms with Crippen LogP contribution in [-0.4, -0.2) is 38.2 Å². The van der Waals surface area contributed by atoms with Crippen molar-refractivity contribution in [1.82, 2.24) is 15.6 Å². The van der Waals surface area contributed by atoms with Gasteiger partial charge in [0.2, 0.25) is 0 Å². The van der Waals surface area contributed by atoms with E-state index in [0.29, 0.717) is 5.15 Å². The number of rotatable bonds is 8. The van der Waals surface area contributed by atoms with Gasteiger partial charge in [-0.15, -0.1) is 24.0 Å². The van der Waals surface area contributed by atoms with Gasteiger partial charge >= 0.3 is 0 Å². The van der Waals surface area contributed by atoms with Gasteiger partial charge in [0, 0.05) is 26.3 Å². The summed E-state index contributed by atoms with van der Waals surface area (Å²) in [6.07, 6.45) is 4.69. The van der Waals surface area contributed by atoms with Crippen LogP contribution in [0.15, 0.2) is 47.6 Å². The van der Waals surface area contributed by atoms with Gasteiger partial charge in [0.25, 0.3) is 0 Å². The van der Waals surface area contributed by atoms with Crippen LogP contribution >= 0.6 is 35.6 Å². The number of methoxy groups -OCH3 is 1. The Morgan fingerprint density at radius 3 is 2.62 bits per heavy atom. The lowest BCUT2D eigenvalue weighted by Gasteiger charge is -2.12. The van der Waals surface area contributed by atoms with Crippen molar-refractivity contribution < 1.29 is 4.74 Å². The Kier molecular flexibility index (Phi) is 11.0. The third-order valence-electron chi connectivity index (χ3n) is 3.79. The van der Waals surface area contributed by atoms with E-state index in [0.717, 1.165) is 49.6 Å². The molecule has 0 fully saturated rings. The van der Waals surface area contributed by atoms with Crippen molar-refractivity contribution in [3.63, 3.8) is 0 Å². The standard InChI is InChI=1S/C19H25ClN4O.HI/c1-21-19(23-12-10-16-8-9-18(20)24-14-16)22-11-4-6-15-5-3-7-17(13-15)25-2;/h3,5,7-9,13-14H,4,6,10-12H2,1-2H3,(H2,21,22,23);1H. The number of pyridine rings is 1. The number of guanidine groups is 1. The lowest BCUT2D eigenvalue weighted by molar-refractivity contribution is 0.414. The van der Waals surface area contributed by atoms with Gasteiger partial charge in [-0.3, -0.25) is 4.99 Å². The summed E-state index contributed by atoms with van der Waals surface area (Å²) in [5.74, 6) is 1.71. The van der Waals surface area contributed by atoms with Crippen LogP contribution in [0.3, 0.4) is 0 Å². The average Bonchev–Trinajstić information content (AvgIpc) is 2.65. The summed E-state index contributed by atoms with van der Waals surface area (Å²) in [6.45, 7) is 1.65. The second-order valence-corrected chi connectivity index (χ2v) is 6.01. The number of ether oxygens (including phenoxy) is 1. The molecule has 0 radical (unpaired) electrons. The molecule has 0 aliphatic carbocycles. The Morgan fingerprint density at radius 2 is 1.92 bits per heavy atom. The van der Waals surface area contributed by atoms with Crippen LogP contribution in [-0.2, 0) is 12.8 Å². The third-order valence-corrected chi connectivity index (χ3v) is 4.01. The van der Waals surface area contributed by atoms with Crippen LogP contribution < -0.4 is 15.4 Å². The molecule has 26 heavy (non-hydrogen) atoms. The zero-order chi connectivity index (χ0) is 17.9. The molecule has 1 aromatic carbocycles. The number of nitrogens with zero attached hydrogens (tertiary/aromatic N) is 2. The smallest absolute Gasteiger partial charge is 0.190 e. The summed E-state index contributed by atoms with van der Waals surface area (Å²) in [7, 11) is 3.47. The Bertz CT molecular complexity index is 679. The van der Waals surface area contributed by atoms with Crippen LogP contribution in [0.4, 0.5) is 0 Å². The predicted octanol–water partition coefficient (Wildman–Crippen LogP) is 3.70. The average molecular weight is 489 g/mol. The Morgan fingerprint density at radius 1 is 1.12 bits per heavy atom. The molecule has 5 nitrogen and oxygen atoms in total. The normalized spacial score (nSPS) is 10.8. The van der Waals surface area contributed by atoms with E-state index in [1.165, 1.54) is 5.56 Å². The van der Waals surface area contributed by atoms with Crippen molar-refractivity contribution in [3.05, 3.63) is 58.9 Å². The first-order chi connectivity index (χ1) is 12.2. The number of halogens is 2. The minimum Gasteiger partial charge on any atom is -0.497 e. The summed E-state index contributed by atoms with van der Waals surface area (Å²) in [5, 5.41) is 7.16.